The van der Waals surface area contributed by atoms with Crippen molar-refractivity contribution in [1.82, 2.24) is 29.1 Å². The highest BCUT2D eigenvalue weighted by Crippen LogP contribution is 2.22. The minimum atomic E-state index is -4.27. The number of nitrogens with zero attached hydrogens (tertiary/aromatic N) is 6. The molecule has 3 aromatic heterocycles. The van der Waals surface area contributed by atoms with Crippen LogP contribution in [0.25, 0.3) is 5.78 Å². The van der Waals surface area contributed by atoms with Gasteiger partial charge in [0, 0.05) is 24.8 Å². The van der Waals surface area contributed by atoms with E-state index < -0.39 is 12.7 Å². The first-order valence-corrected chi connectivity index (χ1v) is 6.87. The van der Waals surface area contributed by atoms with Crippen molar-refractivity contribution in [3.63, 3.8) is 0 Å². The van der Waals surface area contributed by atoms with E-state index in [2.05, 4.69) is 20.1 Å². The van der Waals surface area contributed by atoms with Crippen molar-refractivity contribution in [3.05, 3.63) is 36.7 Å². The standard InChI is InChI=1S/C11H9F3N6S/c12-11(13,14)7-19-5-3-15-8(19)6-21-10-17-9-16-2-1-4-20(9)18-10/h1-5H,6-7H2. The Morgan fingerprint density at radius 1 is 1.14 bits per heavy atom. The van der Waals surface area contributed by atoms with Crippen LogP contribution < -0.4 is 0 Å². The molecule has 0 saturated carbocycles. The van der Waals surface area contributed by atoms with Crippen LogP contribution in [-0.2, 0) is 12.3 Å². The lowest BCUT2D eigenvalue weighted by Crippen LogP contribution is -2.18. The lowest BCUT2D eigenvalue weighted by Gasteiger charge is -2.09. The van der Waals surface area contributed by atoms with Gasteiger partial charge in [-0.3, -0.25) is 0 Å². The first-order valence-electron chi connectivity index (χ1n) is 5.88. The van der Waals surface area contributed by atoms with Gasteiger partial charge in [0.1, 0.15) is 12.4 Å². The maximum Gasteiger partial charge on any atom is 0.406 e. The third-order valence-corrected chi connectivity index (χ3v) is 3.41. The summed E-state index contributed by atoms with van der Waals surface area (Å²) in [5.74, 6) is 1.02. The second-order valence-corrected chi connectivity index (χ2v) is 5.08. The highest BCUT2D eigenvalue weighted by atomic mass is 32.2. The second-order valence-electron chi connectivity index (χ2n) is 4.13. The fraction of sp³-hybridized carbons (Fsp3) is 0.273. The summed E-state index contributed by atoms with van der Waals surface area (Å²) >= 11 is 1.21. The summed E-state index contributed by atoms with van der Waals surface area (Å²) in [4.78, 5) is 12.1. The van der Waals surface area contributed by atoms with Crippen LogP contribution >= 0.6 is 11.8 Å². The molecular formula is C11H9F3N6S. The molecule has 0 spiro atoms. The van der Waals surface area contributed by atoms with Gasteiger partial charge in [0.05, 0.1) is 5.75 Å². The maximum absolute atomic E-state index is 12.4. The first-order chi connectivity index (χ1) is 10.0. The molecular weight excluding hydrogens is 305 g/mol. The summed E-state index contributed by atoms with van der Waals surface area (Å²) in [5, 5.41) is 4.60. The van der Waals surface area contributed by atoms with Crippen LogP contribution in [0.1, 0.15) is 5.82 Å². The van der Waals surface area contributed by atoms with Crippen molar-refractivity contribution in [2.24, 2.45) is 0 Å². The fourth-order valence-electron chi connectivity index (χ4n) is 1.72. The van der Waals surface area contributed by atoms with E-state index >= 15 is 0 Å². The minimum Gasteiger partial charge on any atom is -0.325 e. The molecule has 0 fully saturated rings. The van der Waals surface area contributed by atoms with Crippen molar-refractivity contribution in [2.75, 3.05) is 0 Å². The number of aromatic nitrogens is 6. The Balaban J connectivity index is 1.71. The molecule has 0 aromatic carbocycles. The third-order valence-electron chi connectivity index (χ3n) is 2.58. The lowest BCUT2D eigenvalue weighted by atomic mass is 10.5. The average Bonchev–Trinajstić information content (AvgIpc) is 3.00. The largest absolute Gasteiger partial charge is 0.406 e. The molecule has 0 N–H and O–H groups in total. The SMILES string of the molecule is FC(F)(F)Cn1ccnc1CSc1nc2ncccn2n1. The zero-order valence-electron chi connectivity index (χ0n) is 10.5. The second kappa shape index (κ2) is 5.35. The lowest BCUT2D eigenvalue weighted by molar-refractivity contribution is -0.140. The molecule has 0 unspecified atom stereocenters. The Labute approximate surface area is 121 Å². The van der Waals surface area contributed by atoms with Crippen molar-refractivity contribution in [2.45, 2.75) is 23.6 Å². The molecule has 3 heterocycles. The van der Waals surface area contributed by atoms with E-state index in [-0.39, 0.29) is 5.75 Å². The van der Waals surface area contributed by atoms with E-state index in [0.717, 1.165) is 4.57 Å². The van der Waals surface area contributed by atoms with Gasteiger partial charge in [0.15, 0.2) is 0 Å². The highest BCUT2D eigenvalue weighted by molar-refractivity contribution is 7.98. The van der Waals surface area contributed by atoms with Crippen LogP contribution in [0.15, 0.2) is 36.0 Å². The van der Waals surface area contributed by atoms with Gasteiger partial charge in [-0.15, -0.1) is 5.10 Å². The average molecular weight is 314 g/mol. The molecule has 3 aromatic rings. The number of fused-ring (bicyclic) bond motifs is 1. The van der Waals surface area contributed by atoms with E-state index in [1.165, 1.54) is 28.7 Å². The molecule has 6 nitrogen and oxygen atoms in total. The predicted octanol–water partition coefficient (Wildman–Crippen LogP) is 2.18. The number of thioether (sulfide) groups is 1. The molecule has 0 aliphatic heterocycles. The van der Waals surface area contributed by atoms with Gasteiger partial charge in [-0.1, -0.05) is 11.8 Å². The molecule has 3 rings (SSSR count). The molecule has 0 radical (unpaired) electrons. The molecule has 0 aliphatic rings. The number of halogens is 3. The zero-order chi connectivity index (χ0) is 14.9. The van der Waals surface area contributed by atoms with E-state index in [9.17, 15) is 13.2 Å². The first kappa shape index (κ1) is 13.9. The van der Waals surface area contributed by atoms with Crippen molar-refractivity contribution >= 4 is 17.5 Å². The summed E-state index contributed by atoms with van der Waals surface area (Å²) in [6.07, 6.45) is 1.67. The van der Waals surface area contributed by atoms with E-state index in [4.69, 9.17) is 0 Å². The Kier molecular flexibility index (Phi) is 3.53. The van der Waals surface area contributed by atoms with Crippen LogP contribution in [0.5, 0.6) is 0 Å². The van der Waals surface area contributed by atoms with Gasteiger partial charge in [0.25, 0.3) is 5.78 Å². The van der Waals surface area contributed by atoms with Gasteiger partial charge in [-0.2, -0.15) is 18.2 Å². The van der Waals surface area contributed by atoms with Crippen LogP contribution in [0, 0.1) is 0 Å². The monoisotopic (exact) mass is 314 g/mol. The molecule has 0 atom stereocenters. The summed E-state index contributed by atoms with van der Waals surface area (Å²) in [6.45, 7) is -1.05. The van der Waals surface area contributed by atoms with Gasteiger partial charge in [0.2, 0.25) is 5.16 Å². The van der Waals surface area contributed by atoms with Gasteiger partial charge in [-0.05, 0) is 6.07 Å². The van der Waals surface area contributed by atoms with Crippen molar-refractivity contribution in [3.8, 4) is 0 Å². The van der Waals surface area contributed by atoms with Gasteiger partial charge < -0.3 is 4.57 Å². The number of hydrogen-bond donors (Lipinski definition) is 0. The molecule has 0 saturated heterocycles. The fourth-order valence-corrected chi connectivity index (χ4v) is 2.51. The van der Waals surface area contributed by atoms with E-state index in [1.54, 1.807) is 18.5 Å². The zero-order valence-corrected chi connectivity index (χ0v) is 11.3. The summed E-state index contributed by atoms with van der Waals surface area (Å²) < 4.78 is 39.8. The van der Waals surface area contributed by atoms with Gasteiger partial charge >= 0.3 is 6.18 Å². The Morgan fingerprint density at radius 3 is 2.76 bits per heavy atom. The topological polar surface area (TPSA) is 60.9 Å². The molecule has 110 valence electrons. The Hall–Kier alpha value is -2.10. The Morgan fingerprint density at radius 2 is 2.00 bits per heavy atom. The Bertz CT molecular complexity index is 717. The molecule has 0 amide bonds. The van der Waals surface area contributed by atoms with Crippen molar-refractivity contribution < 1.29 is 13.2 Å². The number of alkyl halides is 3. The van der Waals surface area contributed by atoms with Crippen LogP contribution in [0.2, 0.25) is 0 Å². The smallest absolute Gasteiger partial charge is 0.325 e. The quantitative estimate of drug-likeness (QED) is 0.691. The van der Waals surface area contributed by atoms with Crippen LogP contribution in [-0.4, -0.2) is 35.3 Å². The van der Waals surface area contributed by atoms with Crippen LogP contribution in [0.3, 0.4) is 0 Å². The summed E-state index contributed by atoms with van der Waals surface area (Å²) in [7, 11) is 0. The number of imidazole rings is 1. The minimum absolute atomic E-state index is 0.250. The van der Waals surface area contributed by atoms with Gasteiger partial charge in [-0.25, -0.2) is 14.5 Å². The molecule has 10 heteroatoms. The molecule has 21 heavy (non-hydrogen) atoms. The van der Waals surface area contributed by atoms with Crippen molar-refractivity contribution in [1.29, 1.82) is 0 Å². The molecule has 0 bridgehead atoms. The predicted molar refractivity (Wildman–Crippen MR) is 68.6 cm³/mol. The number of hydrogen-bond acceptors (Lipinski definition) is 5. The van der Waals surface area contributed by atoms with E-state index in [1.807, 2.05) is 0 Å². The molecule has 0 aliphatic carbocycles. The van der Waals surface area contributed by atoms with E-state index in [0.29, 0.717) is 16.8 Å². The normalized spacial score (nSPS) is 12.1. The summed E-state index contributed by atoms with van der Waals surface area (Å²) in [5.41, 5.74) is 0. The van der Waals surface area contributed by atoms with Crippen LogP contribution in [0.4, 0.5) is 13.2 Å². The highest BCUT2D eigenvalue weighted by Gasteiger charge is 2.28. The third kappa shape index (κ3) is 3.32. The summed E-state index contributed by atoms with van der Waals surface area (Å²) in [6, 6.07) is 1.71. The maximum atomic E-state index is 12.4. The number of rotatable bonds is 4.